The van der Waals surface area contributed by atoms with Gasteiger partial charge in [0.05, 0.1) is 11.6 Å². The Hall–Kier alpha value is -1.76. The summed E-state index contributed by atoms with van der Waals surface area (Å²) in [5.74, 6) is 0.102. The molecule has 1 aromatic rings. The first kappa shape index (κ1) is 17.1. The van der Waals surface area contributed by atoms with Gasteiger partial charge in [-0.2, -0.15) is 13.2 Å². The summed E-state index contributed by atoms with van der Waals surface area (Å²) in [6.45, 7) is 5.25. The number of carbonyl (C=O) groups excluding carboxylic acids is 1. The van der Waals surface area contributed by atoms with E-state index in [4.69, 9.17) is 4.74 Å². The first-order chi connectivity index (χ1) is 10.9. The van der Waals surface area contributed by atoms with Crippen LogP contribution in [0.5, 0.6) is 5.75 Å². The van der Waals surface area contributed by atoms with Crippen molar-refractivity contribution in [1.82, 2.24) is 4.90 Å². The van der Waals surface area contributed by atoms with E-state index in [0.717, 1.165) is 12.1 Å². The van der Waals surface area contributed by atoms with Gasteiger partial charge in [0.25, 0.3) is 0 Å². The summed E-state index contributed by atoms with van der Waals surface area (Å²) in [7, 11) is 0. The molecule has 0 bridgehead atoms. The number of alkyl halides is 3. The molecular weight excluding hydrogens is 323 g/mol. The summed E-state index contributed by atoms with van der Waals surface area (Å²) in [5.41, 5.74) is -3.22. The molecule has 0 radical (unpaired) electrons. The second-order valence-corrected chi connectivity index (χ2v) is 7.10. The Morgan fingerprint density at radius 2 is 1.96 bits per heavy atom. The van der Waals surface area contributed by atoms with E-state index in [1.54, 1.807) is 13.8 Å². The molecule has 24 heavy (non-hydrogen) atoms. The van der Waals surface area contributed by atoms with E-state index in [9.17, 15) is 23.1 Å². The molecule has 2 heterocycles. The Balaban J connectivity index is 2.19. The molecule has 4 nitrogen and oxygen atoms in total. The van der Waals surface area contributed by atoms with Crippen LogP contribution < -0.4 is 4.74 Å². The van der Waals surface area contributed by atoms with Crippen LogP contribution in [0, 0.1) is 0 Å². The van der Waals surface area contributed by atoms with Crippen molar-refractivity contribution in [1.29, 1.82) is 0 Å². The van der Waals surface area contributed by atoms with Crippen molar-refractivity contribution in [3.05, 3.63) is 29.3 Å². The third kappa shape index (κ3) is 2.46. The monoisotopic (exact) mass is 343 g/mol. The highest BCUT2D eigenvalue weighted by molar-refractivity contribution is 5.79. The van der Waals surface area contributed by atoms with Crippen LogP contribution in [-0.2, 0) is 11.0 Å². The lowest BCUT2D eigenvalue weighted by molar-refractivity contribution is -0.171. The second kappa shape index (κ2) is 5.12. The Labute approximate surface area is 138 Å². The van der Waals surface area contributed by atoms with Gasteiger partial charge >= 0.3 is 6.18 Å². The van der Waals surface area contributed by atoms with Crippen molar-refractivity contribution in [2.45, 2.75) is 57.0 Å². The van der Waals surface area contributed by atoms with Gasteiger partial charge in [-0.3, -0.25) is 4.79 Å². The van der Waals surface area contributed by atoms with E-state index >= 15 is 0 Å². The number of hydrogen-bond donors (Lipinski definition) is 1. The van der Waals surface area contributed by atoms with Crippen LogP contribution in [0.25, 0.3) is 0 Å². The summed E-state index contributed by atoms with van der Waals surface area (Å²) >= 11 is 0. The number of carbonyl (C=O) groups is 1. The maximum atomic E-state index is 13.1. The number of hydrogen-bond acceptors (Lipinski definition) is 3. The van der Waals surface area contributed by atoms with E-state index in [1.807, 2.05) is 0 Å². The first-order valence-electron chi connectivity index (χ1n) is 7.87. The fourth-order valence-corrected chi connectivity index (χ4v) is 3.46. The lowest BCUT2D eigenvalue weighted by Gasteiger charge is -2.52. The third-order valence-electron chi connectivity index (χ3n) is 5.17. The molecule has 3 rings (SSSR count). The largest absolute Gasteiger partial charge is 0.484 e. The lowest BCUT2D eigenvalue weighted by atomic mass is 9.74. The van der Waals surface area contributed by atoms with E-state index in [0.29, 0.717) is 19.4 Å². The first-order valence-corrected chi connectivity index (χ1v) is 7.87. The minimum absolute atomic E-state index is 0.165. The number of amides is 1. The smallest absolute Gasteiger partial charge is 0.416 e. The van der Waals surface area contributed by atoms with Crippen molar-refractivity contribution in [2.24, 2.45) is 0 Å². The average Bonchev–Trinajstić information content (AvgIpc) is 2.84. The summed E-state index contributed by atoms with van der Waals surface area (Å²) in [6.07, 6.45) is -3.55. The van der Waals surface area contributed by atoms with E-state index < -0.39 is 29.0 Å². The molecule has 0 aromatic heterocycles. The molecule has 1 aromatic carbocycles. The van der Waals surface area contributed by atoms with Gasteiger partial charge in [-0.05, 0) is 45.4 Å². The number of aliphatic hydroxyl groups is 1. The zero-order valence-corrected chi connectivity index (χ0v) is 13.8. The number of rotatable bonds is 1. The molecule has 0 saturated carbocycles. The third-order valence-corrected chi connectivity index (χ3v) is 5.17. The fraction of sp³-hybridized carbons (Fsp3) is 0.588. The highest BCUT2D eigenvalue weighted by Crippen LogP contribution is 2.51. The van der Waals surface area contributed by atoms with Crippen molar-refractivity contribution in [3.8, 4) is 5.75 Å². The molecule has 7 heteroatoms. The molecule has 0 spiro atoms. The Morgan fingerprint density at radius 1 is 1.29 bits per heavy atom. The molecule has 2 atom stereocenters. The molecule has 0 aliphatic carbocycles. The van der Waals surface area contributed by atoms with Crippen LogP contribution in [0.1, 0.15) is 50.8 Å². The van der Waals surface area contributed by atoms with Gasteiger partial charge in [0.1, 0.15) is 17.0 Å². The molecule has 2 unspecified atom stereocenters. The van der Waals surface area contributed by atoms with Crippen LogP contribution in [0.15, 0.2) is 18.2 Å². The highest BCUT2D eigenvalue weighted by Gasteiger charge is 2.56. The van der Waals surface area contributed by atoms with Gasteiger partial charge in [-0.15, -0.1) is 0 Å². The maximum Gasteiger partial charge on any atom is 0.416 e. The Morgan fingerprint density at radius 3 is 2.50 bits per heavy atom. The van der Waals surface area contributed by atoms with Crippen LogP contribution in [0.2, 0.25) is 0 Å². The predicted octanol–water partition coefficient (Wildman–Crippen LogP) is 3.29. The minimum atomic E-state index is -4.51. The Kier molecular flexibility index (Phi) is 3.64. The van der Waals surface area contributed by atoms with Gasteiger partial charge in [0.2, 0.25) is 5.91 Å². The van der Waals surface area contributed by atoms with Crippen LogP contribution in [0.3, 0.4) is 0 Å². The fourth-order valence-electron chi connectivity index (χ4n) is 3.46. The van der Waals surface area contributed by atoms with E-state index in [2.05, 4.69) is 0 Å². The zero-order valence-electron chi connectivity index (χ0n) is 13.8. The zero-order chi connectivity index (χ0) is 17.9. The number of halogens is 3. The summed E-state index contributed by atoms with van der Waals surface area (Å²) in [4.78, 5) is 13.7. The molecular formula is C17H20F3NO3. The number of benzene rings is 1. The molecule has 2 aliphatic heterocycles. The average molecular weight is 343 g/mol. The quantitative estimate of drug-likeness (QED) is 0.851. The topological polar surface area (TPSA) is 49.8 Å². The highest BCUT2D eigenvalue weighted by atomic mass is 19.4. The van der Waals surface area contributed by atoms with Crippen molar-refractivity contribution in [2.75, 3.05) is 6.54 Å². The van der Waals surface area contributed by atoms with Crippen molar-refractivity contribution < 1.29 is 27.8 Å². The van der Waals surface area contributed by atoms with Gasteiger partial charge in [0.15, 0.2) is 0 Å². The van der Waals surface area contributed by atoms with Crippen LogP contribution in [-0.4, -0.2) is 33.7 Å². The SMILES string of the molecule is CC1(C)Oc2ccc(C(F)(F)F)cc2C(N2CCCC2=O)C1(C)O. The number of nitrogens with zero attached hydrogens (tertiary/aromatic N) is 1. The van der Waals surface area contributed by atoms with Gasteiger partial charge in [-0.1, -0.05) is 0 Å². The van der Waals surface area contributed by atoms with Crippen LogP contribution in [0.4, 0.5) is 13.2 Å². The number of fused-ring (bicyclic) bond motifs is 1. The Bertz CT molecular complexity index is 682. The van der Waals surface area contributed by atoms with Crippen molar-refractivity contribution in [3.63, 3.8) is 0 Å². The second-order valence-electron chi connectivity index (χ2n) is 7.10. The normalized spacial score (nSPS) is 29.4. The number of likely N-dealkylation sites (tertiary alicyclic amines) is 1. The molecule has 1 fully saturated rings. The molecule has 2 aliphatic rings. The van der Waals surface area contributed by atoms with E-state index in [1.165, 1.54) is 17.9 Å². The summed E-state index contributed by atoms with van der Waals surface area (Å²) in [5, 5.41) is 11.1. The predicted molar refractivity (Wildman–Crippen MR) is 80.5 cm³/mol. The maximum absolute atomic E-state index is 13.1. The summed E-state index contributed by atoms with van der Waals surface area (Å²) < 4.78 is 45.1. The van der Waals surface area contributed by atoms with Crippen LogP contribution >= 0.6 is 0 Å². The lowest BCUT2D eigenvalue weighted by Crippen LogP contribution is -2.62. The standard InChI is InChI=1S/C17H20F3NO3/c1-15(2)16(3,23)14(21-8-4-5-13(21)22)11-9-10(17(18,19)20)6-7-12(11)24-15/h6-7,9,14,23H,4-5,8H2,1-3H3. The van der Waals surface area contributed by atoms with Gasteiger partial charge in [0, 0.05) is 18.5 Å². The van der Waals surface area contributed by atoms with Gasteiger partial charge in [-0.25, -0.2) is 0 Å². The molecule has 1 saturated heterocycles. The molecule has 1 N–H and O–H groups in total. The summed E-state index contributed by atoms with van der Waals surface area (Å²) in [6, 6.07) is 2.32. The molecule has 1 amide bonds. The number of ether oxygens (including phenoxy) is 1. The van der Waals surface area contributed by atoms with Crippen molar-refractivity contribution >= 4 is 5.91 Å². The molecule has 132 valence electrons. The van der Waals surface area contributed by atoms with E-state index in [-0.39, 0.29) is 17.2 Å². The van der Waals surface area contributed by atoms with Gasteiger partial charge < -0.3 is 14.7 Å². The minimum Gasteiger partial charge on any atom is -0.484 e.